The second-order valence-electron chi connectivity index (χ2n) is 7.14. The molecule has 0 saturated carbocycles. The number of hydrogen-bond donors (Lipinski definition) is 1. The zero-order valence-corrected chi connectivity index (χ0v) is 19.9. The Bertz CT molecular complexity index is 1280. The number of carbonyl (C=O) groups is 2. The van der Waals surface area contributed by atoms with Crippen LogP contribution in [0.4, 0.5) is 4.39 Å². The molecule has 1 unspecified atom stereocenters. The van der Waals surface area contributed by atoms with Crippen LogP contribution in [0.15, 0.2) is 69.6 Å². The van der Waals surface area contributed by atoms with Crippen molar-refractivity contribution in [1.82, 2.24) is 15.3 Å². The molecule has 4 rings (SSSR count). The largest absolute Gasteiger partial charge is 0.461 e. The Labute approximate surface area is 203 Å². The summed E-state index contributed by atoms with van der Waals surface area (Å²) in [6.45, 7) is 1.18. The average Bonchev–Trinajstić information content (AvgIpc) is 3.56. The van der Waals surface area contributed by atoms with E-state index >= 15 is 0 Å². The fraction of sp³-hybridized carbons (Fsp3) is 0.167. The van der Waals surface area contributed by atoms with E-state index < -0.39 is 24.5 Å². The summed E-state index contributed by atoms with van der Waals surface area (Å²) in [6, 6.07) is 12.6. The highest BCUT2D eigenvalue weighted by Crippen LogP contribution is 2.27. The van der Waals surface area contributed by atoms with E-state index in [1.54, 1.807) is 37.4 Å². The molecule has 0 aliphatic rings. The van der Waals surface area contributed by atoms with E-state index in [9.17, 15) is 14.0 Å². The van der Waals surface area contributed by atoms with E-state index in [1.165, 1.54) is 41.5 Å². The summed E-state index contributed by atoms with van der Waals surface area (Å²) >= 11 is 2.72. The number of carbonyl (C=O) groups excluding carboxylic acids is 2. The molecule has 0 spiro atoms. The highest BCUT2D eigenvalue weighted by molar-refractivity contribution is 7.98. The van der Waals surface area contributed by atoms with E-state index in [-0.39, 0.29) is 11.4 Å². The molecular weight excluding hydrogens is 477 g/mol. The van der Waals surface area contributed by atoms with Crippen LogP contribution in [-0.2, 0) is 9.53 Å². The Balaban J connectivity index is 1.47. The maximum absolute atomic E-state index is 13.4. The number of nitrogens with one attached hydrogen (secondary N) is 1. The lowest BCUT2D eigenvalue weighted by atomic mass is 10.1. The first-order chi connectivity index (χ1) is 16.5. The number of esters is 1. The second-order valence-corrected chi connectivity index (χ2v) is 8.91. The number of hydrogen-bond acceptors (Lipinski definition) is 8. The molecule has 0 saturated heterocycles. The molecule has 1 aromatic carbocycles. The lowest BCUT2D eigenvalue weighted by molar-refractivity contribution is -0.124. The van der Waals surface area contributed by atoms with Crippen LogP contribution in [0.3, 0.4) is 0 Å². The minimum absolute atomic E-state index is 0.198. The van der Waals surface area contributed by atoms with Gasteiger partial charge in [-0.2, -0.15) is 0 Å². The number of thiophene rings is 1. The van der Waals surface area contributed by atoms with Crippen LogP contribution in [0, 0.1) is 12.7 Å². The van der Waals surface area contributed by atoms with Crippen LogP contribution in [0.5, 0.6) is 0 Å². The number of halogens is 1. The van der Waals surface area contributed by atoms with Crippen LogP contribution in [0.1, 0.15) is 32.5 Å². The van der Waals surface area contributed by atoms with E-state index in [2.05, 4.69) is 15.3 Å². The van der Waals surface area contributed by atoms with Crippen molar-refractivity contribution in [3.05, 3.63) is 87.7 Å². The average molecular weight is 498 g/mol. The van der Waals surface area contributed by atoms with Gasteiger partial charge in [0.2, 0.25) is 0 Å². The molecule has 1 amide bonds. The minimum atomic E-state index is -0.697. The van der Waals surface area contributed by atoms with Crippen molar-refractivity contribution in [3.8, 4) is 11.6 Å². The van der Waals surface area contributed by atoms with E-state index in [1.807, 2.05) is 17.5 Å². The Morgan fingerprint density at radius 3 is 2.62 bits per heavy atom. The van der Waals surface area contributed by atoms with Gasteiger partial charge in [0.25, 0.3) is 5.91 Å². The summed E-state index contributed by atoms with van der Waals surface area (Å²) in [4.78, 5) is 35.1. The van der Waals surface area contributed by atoms with Crippen LogP contribution < -0.4 is 5.32 Å². The van der Waals surface area contributed by atoms with E-state index in [4.69, 9.17) is 9.15 Å². The predicted molar refractivity (Wildman–Crippen MR) is 127 cm³/mol. The molecule has 34 heavy (non-hydrogen) atoms. The summed E-state index contributed by atoms with van der Waals surface area (Å²) in [5.41, 5.74) is 1.33. The molecule has 7 nitrogen and oxygen atoms in total. The molecule has 10 heteroatoms. The van der Waals surface area contributed by atoms with Crippen molar-refractivity contribution in [3.63, 3.8) is 0 Å². The maximum Gasteiger partial charge on any atom is 0.343 e. The van der Waals surface area contributed by atoms with Gasteiger partial charge in [-0.3, -0.25) is 4.79 Å². The highest BCUT2D eigenvalue weighted by atomic mass is 32.2. The first-order valence-electron chi connectivity index (χ1n) is 10.2. The van der Waals surface area contributed by atoms with Crippen LogP contribution in [0.25, 0.3) is 11.6 Å². The third-order valence-electron chi connectivity index (χ3n) is 4.87. The highest BCUT2D eigenvalue weighted by Gasteiger charge is 2.23. The minimum Gasteiger partial charge on any atom is -0.461 e. The molecule has 4 aromatic rings. The van der Waals surface area contributed by atoms with E-state index in [0.717, 1.165) is 4.88 Å². The third-order valence-corrected chi connectivity index (χ3v) is 6.49. The van der Waals surface area contributed by atoms with Gasteiger partial charge in [-0.05, 0) is 54.5 Å². The predicted octanol–water partition coefficient (Wildman–Crippen LogP) is 5.03. The van der Waals surface area contributed by atoms with Crippen molar-refractivity contribution in [2.45, 2.75) is 18.0 Å². The van der Waals surface area contributed by atoms with Crippen molar-refractivity contribution >= 4 is 35.0 Å². The van der Waals surface area contributed by atoms with Crippen molar-refractivity contribution in [2.24, 2.45) is 0 Å². The Morgan fingerprint density at radius 1 is 1.18 bits per heavy atom. The van der Waals surface area contributed by atoms with Gasteiger partial charge in [-0.15, -0.1) is 23.1 Å². The number of ether oxygens (including phenoxy) is 1. The molecular formula is C24H20FN3O4S2. The summed E-state index contributed by atoms with van der Waals surface area (Å²) < 4.78 is 24.0. The van der Waals surface area contributed by atoms with Gasteiger partial charge >= 0.3 is 5.97 Å². The van der Waals surface area contributed by atoms with Gasteiger partial charge in [0.15, 0.2) is 18.2 Å². The molecule has 0 bridgehead atoms. The molecule has 0 aliphatic heterocycles. The number of furan rings is 1. The van der Waals surface area contributed by atoms with Gasteiger partial charge < -0.3 is 14.5 Å². The molecule has 0 fully saturated rings. The van der Waals surface area contributed by atoms with Crippen molar-refractivity contribution in [2.75, 3.05) is 12.9 Å². The number of aromatic nitrogens is 2. The maximum atomic E-state index is 13.4. The summed E-state index contributed by atoms with van der Waals surface area (Å²) in [7, 11) is 0. The number of rotatable bonds is 8. The van der Waals surface area contributed by atoms with Gasteiger partial charge in [0.05, 0.1) is 18.0 Å². The lowest BCUT2D eigenvalue weighted by Crippen LogP contribution is -2.33. The quantitative estimate of drug-likeness (QED) is 0.207. The molecule has 174 valence electrons. The van der Waals surface area contributed by atoms with E-state index in [0.29, 0.717) is 27.9 Å². The van der Waals surface area contributed by atoms with Gasteiger partial charge in [0, 0.05) is 4.88 Å². The normalized spacial score (nSPS) is 11.7. The molecule has 1 N–H and O–H groups in total. The zero-order chi connectivity index (χ0) is 24.1. The van der Waals surface area contributed by atoms with Crippen LogP contribution >= 0.6 is 23.1 Å². The summed E-state index contributed by atoms with van der Waals surface area (Å²) in [6.07, 6.45) is 3.30. The van der Waals surface area contributed by atoms with Crippen molar-refractivity contribution in [1.29, 1.82) is 0 Å². The fourth-order valence-corrected chi connectivity index (χ4v) is 4.70. The Hall–Kier alpha value is -3.50. The number of benzene rings is 1. The first-order valence-corrected chi connectivity index (χ1v) is 12.3. The van der Waals surface area contributed by atoms with Crippen LogP contribution in [0.2, 0.25) is 0 Å². The first kappa shape index (κ1) is 23.7. The molecule has 3 heterocycles. The monoisotopic (exact) mass is 497 g/mol. The summed E-state index contributed by atoms with van der Waals surface area (Å²) in [5, 5.41) is 5.17. The number of amides is 1. The Morgan fingerprint density at radius 2 is 1.97 bits per heavy atom. The second kappa shape index (κ2) is 10.6. The fourth-order valence-electron chi connectivity index (χ4n) is 3.28. The summed E-state index contributed by atoms with van der Waals surface area (Å²) in [5.74, 6) is -0.712. The van der Waals surface area contributed by atoms with Gasteiger partial charge in [-0.25, -0.2) is 19.2 Å². The molecule has 3 aromatic heterocycles. The topological polar surface area (TPSA) is 94.3 Å². The van der Waals surface area contributed by atoms with Gasteiger partial charge in [-0.1, -0.05) is 18.2 Å². The Kier molecular flexibility index (Phi) is 7.39. The zero-order valence-electron chi connectivity index (χ0n) is 18.3. The molecule has 0 aliphatic carbocycles. The lowest BCUT2D eigenvalue weighted by Gasteiger charge is -2.18. The standard InChI is InChI=1S/C24H20FN3O4S2/c1-14-20(23(33-2)28-22(26-14)17-5-3-11-31-17)24(30)32-13-19(29)27-21(18-6-4-12-34-18)15-7-9-16(25)10-8-15/h3-12,21H,13H2,1-2H3,(H,27,29). The smallest absolute Gasteiger partial charge is 0.343 e. The molecule has 1 atom stereocenters. The number of aryl methyl sites for hydroxylation is 1. The SMILES string of the molecule is CSc1nc(-c2ccco2)nc(C)c1C(=O)OCC(=O)NC(c1ccc(F)cc1)c1cccs1. The van der Waals surface area contributed by atoms with Crippen molar-refractivity contribution < 1.29 is 23.1 Å². The number of thioether (sulfide) groups is 1. The number of nitrogens with zero attached hydrogens (tertiary/aromatic N) is 2. The third kappa shape index (κ3) is 5.35. The molecule has 0 radical (unpaired) electrons. The van der Waals surface area contributed by atoms with Crippen LogP contribution in [-0.4, -0.2) is 34.7 Å². The van der Waals surface area contributed by atoms with Gasteiger partial charge in [0.1, 0.15) is 16.4 Å².